The third kappa shape index (κ3) is 2.00. The Labute approximate surface area is 117 Å². The van der Waals surface area contributed by atoms with Gasteiger partial charge >= 0.3 is 0 Å². The molecule has 102 valence electrons. The lowest BCUT2D eigenvalue weighted by Gasteiger charge is -2.22. The van der Waals surface area contributed by atoms with Crippen molar-refractivity contribution >= 4 is 11.0 Å². The highest BCUT2D eigenvalue weighted by atomic mass is 15.3. The number of aromatic amines is 1. The minimum absolute atomic E-state index is 0.522. The third-order valence-corrected chi connectivity index (χ3v) is 4.02. The van der Waals surface area contributed by atoms with E-state index in [-0.39, 0.29) is 0 Å². The zero-order valence-corrected chi connectivity index (χ0v) is 11.2. The molecule has 0 aromatic carbocycles. The fraction of sp³-hybridized carbons (Fsp3) is 0.333. The molecule has 4 heterocycles. The highest BCUT2D eigenvalue weighted by molar-refractivity contribution is 5.80. The number of hydrogen-bond donors (Lipinski definition) is 2. The van der Waals surface area contributed by atoms with E-state index in [1.807, 2.05) is 24.7 Å². The number of aromatic nitrogens is 4. The predicted molar refractivity (Wildman–Crippen MR) is 78.5 cm³/mol. The number of nitrogens with zero attached hydrogens (tertiary/aromatic N) is 3. The molecule has 1 aliphatic heterocycles. The first-order chi connectivity index (χ1) is 9.90. The average molecular weight is 267 g/mol. The van der Waals surface area contributed by atoms with E-state index in [9.17, 15) is 0 Å². The Morgan fingerprint density at radius 2 is 2.05 bits per heavy atom. The van der Waals surface area contributed by atoms with Gasteiger partial charge in [0.1, 0.15) is 5.65 Å². The SMILES string of the molecule is c1cc2cc(-c3cnn(C4CCNCC4)c3)cnc2[nH]1. The predicted octanol–water partition coefficient (Wildman–Crippen LogP) is 2.35. The van der Waals surface area contributed by atoms with Crippen LogP contribution in [0.4, 0.5) is 0 Å². The average Bonchev–Trinajstić information content (AvgIpc) is 3.16. The highest BCUT2D eigenvalue weighted by Crippen LogP contribution is 2.24. The zero-order valence-electron chi connectivity index (χ0n) is 11.2. The van der Waals surface area contributed by atoms with Gasteiger partial charge in [-0.3, -0.25) is 4.68 Å². The molecule has 5 heteroatoms. The lowest BCUT2D eigenvalue weighted by molar-refractivity contribution is 0.343. The summed E-state index contributed by atoms with van der Waals surface area (Å²) >= 11 is 0. The van der Waals surface area contributed by atoms with Gasteiger partial charge in [-0.1, -0.05) is 0 Å². The monoisotopic (exact) mass is 267 g/mol. The molecular formula is C15H17N5. The van der Waals surface area contributed by atoms with Crippen molar-refractivity contribution in [3.05, 3.63) is 36.9 Å². The summed E-state index contributed by atoms with van der Waals surface area (Å²) in [7, 11) is 0. The maximum Gasteiger partial charge on any atom is 0.137 e. The van der Waals surface area contributed by atoms with E-state index < -0.39 is 0 Å². The van der Waals surface area contributed by atoms with E-state index in [0.29, 0.717) is 6.04 Å². The lowest BCUT2D eigenvalue weighted by Crippen LogP contribution is -2.29. The second kappa shape index (κ2) is 4.76. The van der Waals surface area contributed by atoms with Crippen molar-refractivity contribution in [3.63, 3.8) is 0 Å². The van der Waals surface area contributed by atoms with Crippen molar-refractivity contribution < 1.29 is 0 Å². The Hall–Kier alpha value is -2.14. The maximum absolute atomic E-state index is 4.54. The minimum atomic E-state index is 0.522. The maximum atomic E-state index is 4.54. The number of hydrogen-bond acceptors (Lipinski definition) is 3. The third-order valence-electron chi connectivity index (χ3n) is 4.02. The summed E-state index contributed by atoms with van der Waals surface area (Å²) in [5.74, 6) is 0. The molecule has 1 saturated heterocycles. The van der Waals surface area contributed by atoms with Crippen LogP contribution in [0.2, 0.25) is 0 Å². The van der Waals surface area contributed by atoms with Gasteiger partial charge in [0, 0.05) is 35.1 Å². The van der Waals surface area contributed by atoms with E-state index in [1.165, 1.54) is 0 Å². The molecule has 0 spiro atoms. The van der Waals surface area contributed by atoms with Crippen molar-refractivity contribution in [2.24, 2.45) is 0 Å². The van der Waals surface area contributed by atoms with Crippen LogP contribution in [0.5, 0.6) is 0 Å². The summed E-state index contributed by atoms with van der Waals surface area (Å²) in [6.07, 6.45) is 10.2. The molecule has 0 aliphatic carbocycles. The summed E-state index contributed by atoms with van der Waals surface area (Å²) in [5.41, 5.74) is 3.19. The smallest absolute Gasteiger partial charge is 0.137 e. The van der Waals surface area contributed by atoms with Gasteiger partial charge in [-0.15, -0.1) is 0 Å². The van der Waals surface area contributed by atoms with Gasteiger partial charge in [0.25, 0.3) is 0 Å². The largest absolute Gasteiger partial charge is 0.346 e. The summed E-state index contributed by atoms with van der Waals surface area (Å²) in [4.78, 5) is 7.55. The molecule has 0 saturated carbocycles. The summed E-state index contributed by atoms with van der Waals surface area (Å²) < 4.78 is 2.11. The van der Waals surface area contributed by atoms with Crippen LogP contribution < -0.4 is 5.32 Å². The van der Waals surface area contributed by atoms with Crippen LogP contribution in [-0.2, 0) is 0 Å². The molecule has 0 bridgehead atoms. The first-order valence-corrected chi connectivity index (χ1v) is 7.08. The van der Waals surface area contributed by atoms with E-state index in [2.05, 4.69) is 37.3 Å². The standard InChI is InChI=1S/C15H17N5/c1-6-17-15-11(1)7-12(8-18-15)13-9-19-20(10-13)14-2-4-16-5-3-14/h1,6-10,14,16H,2-5H2,(H,17,18). The molecule has 0 unspecified atom stereocenters. The van der Waals surface area contributed by atoms with Gasteiger partial charge in [0.05, 0.1) is 12.2 Å². The van der Waals surface area contributed by atoms with Gasteiger partial charge < -0.3 is 10.3 Å². The Bertz CT molecular complexity index is 721. The lowest BCUT2D eigenvalue weighted by atomic mass is 10.1. The van der Waals surface area contributed by atoms with Gasteiger partial charge in [-0.25, -0.2) is 4.98 Å². The van der Waals surface area contributed by atoms with Crippen LogP contribution in [0, 0.1) is 0 Å². The van der Waals surface area contributed by atoms with Crippen LogP contribution in [0.15, 0.2) is 36.9 Å². The van der Waals surface area contributed by atoms with Crippen molar-refractivity contribution in [3.8, 4) is 11.1 Å². The van der Waals surface area contributed by atoms with E-state index in [1.54, 1.807) is 0 Å². The molecule has 1 aliphatic rings. The van der Waals surface area contributed by atoms with Gasteiger partial charge in [0.15, 0.2) is 0 Å². The molecule has 1 fully saturated rings. The van der Waals surface area contributed by atoms with Gasteiger partial charge in [-0.05, 0) is 38.1 Å². The van der Waals surface area contributed by atoms with Crippen molar-refractivity contribution in [2.75, 3.05) is 13.1 Å². The Morgan fingerprint density at radius 1 is 1.15 bits per heavy atom. The summed E-state index contributed by atoms with van der Waals surface area (Å²) in [6, 6.07) is 4.72. The van der Waals surface area contributed by atoms with Crippen molar-refractivity contribution in [1.29, 1.82) is 0 Å². The van der Waals surface area contributed by atoms with Crippen LogP contribution in [0.3, 0.4) is 0 Å². The fourth-order valence-corrected chi connectivity index (χ4v) is 2.86. The Balaban J connectivity index is 1.66. The molecule has 4 rings (SSSR count). The second-order valence-corrected chi connectivity index (χ2v) is 5.33. The summed E-state index contributed by atoms with van der Waals surface area (Å²) in [5, 5.41) is 9.06. The minimum Gasteiger partial charge on any atom is -0.346 e. The topological polar surface area (TPSA) is 58.5 Å². The molecular weight excluding hydrogens is 250 g/mol. The molecule has 0 amide bonds. The van der Waals surface area contributed by atoms with Crippen LogP contribution in [-0.4, -0.2) is 32.8 Å². The zero-order chi connectivity index (χ0) is 13.4. The number of H-pyrrole nitrogens is 1. The van der Waals surface area contributed by atoms with Crippen molar-refractivity contribution in [1.82, 2.24) is 25.1 Å². The van der Waals surface area contributed by atoms with E-state index >= 15 is 0 Å². The second-order valence-electron chi connectivity index (χ2n) is 5.33. The van der Waals surface area contributed by atoms with Gasteiger partial charge in [0.2, 0.25) is 0 Å². The molecule has 0 atom stereocenters. The molecule has 0 radical (unpaired) electrons. The normalized spacial score (nSPS) is 16.8. The first kappa shape index (κ1) is 11.7. The highest BCUT2D eigenvalue weighted by Gasteiger charge is 2.16. The molecule has 3 aromatic rings. The number of rotatable bonds is 2. The van der Waals surface area contributed by atoms with Crippen LogP contribution >= 0.6 is 0 Å². The molecule has 2 N–H and O–H groups in total. The molecule has 5 nitrogen and oxygen atoms in total. The number of pyridine rings is 1. The fourth-order valence-electron chi connectivity index (χ4n) is 2.86. The quantitative estimate of drug-likeness (QED) is 0.749. The summed E-state index contributed by atoms with van der Waals surface area (Å²) in [6.45, 7) is 2.16. The van der Waals surface area contributed by atoms with Crippen LogP contribution in [0.1, 0.15) is 18.9 Å². The molecule has 3 aromatic heterocycles. The van der Waals surface area contributed by atoms with Gasteiger partial charge in [-0.2, -0.15) is 5.10 Å². The Morgan fingerprint density at radius 3 is 2.95 bits per heavy atom. The molecule has 20 heavy (non-hydrogen) atoms. The van der Waals surface area contributed by atoms with Crippen LogP contribution in [0.25, 0.3) is 22.2 Å². The number of fused-ring (bicyclic) bond motifs is 1. The van der Waals surface area contributed by atoms with Crippen molar-refractivity contribution in [2.45, 2.75) is 18.9 Å². The Kier molecular flexibility index (Phi) is 2.77. The number of nitrogens with one attached hydrogen (secondary N) is 2. The number of piperidine rings is 1. The first-order valence-electron chi connectivity index (χ1n) is 7.08. The van der Waals surface area contributed by atoms with E-state index in [4.69, 9.17) is 0 Å². The van der Waals surface area contributed by atoms with E-state index in [0.717, 1.165) is 48.1 Å².